The van der Waals surface area contributed by atoms with Crippen LogP contribution in [0.1, 0.15) is 66.2 Å². The molecule has 1 aliphatic carbocycles. The zero-order chi connectivity index (χ0) is 17.0. The maximum atomic E-state index is 10.5. The van der Waals surface area contributed by atoms with E-state index < -0.39 is 8.32 Å². The van der Waals surface area contributed by atoms with Crippen LogP contribution in [-0.2, 0) is 4.43 Å². The van der Waals surface area contributed by atoms with E-state index in [0.717, 1.165) is 18.6 Å². The Morgan fingerprint density at radius 1 is 1.23 bits per heavy atom. The van der Waals surface area contributed by atoms with Crippen LogP contribution < -0.4 is 0 Å². The standard InChI is InChI=1S/C19H38O2Si/c1-15(13-18(20)17-11-9-8-10-12-17)16(2)14-21-22(6,7)19(3,4)5/h16-18,20H,1,8-14H2,2-7H3/t16-,18-/m0/s1. The monoisotopic (exact) mass is 326 g/mol. The average molecular weight is 327 g/mol. The second kappa shape index (κ2) is 8.12. The van der Waals surface area contributed by atoms with E-state index in [1.165, 1.54) is 32.1 Å². The van der Waals surface area contributed by atoms with E-state index in [1.54, 1.807) is 0 Å². The van der Waals surface area contributed by atoms with Crippen LogP contribution in [0, 0.1) is 11.8 Å². The van der Waals surface area contributed by atoms with Gasteiger partial charge in [0.1, 0.15) is 0 Å². The predicted molar refractivity (Wildman–Crippen MR) is 98.7 cm³/mol. The first-order valence-electron chi connectivity index (χ1n) is 9.04. The molecule has 0 saturated heterocycles. The SMILES string of the molecule is C=C(C[C@H](O)C1CCCCC1)[C@@H](C)CO[Si](C)(C)C(C)(C)C. The van der Waals surface area contributed by atoms with Gasteiger partial charge in [0.25, 0.3) is 0 Å². The maximum Gasteiger partial charge on any atom is 0.192 e. The van der Waals surface area contributed by atoms with Crippen molar-refractivity contribution in [3.8, 4) is 0 Å². The van der Waals surface area contributed by atoms with Gasteiger partial charge >= 0.3 is 0 Å². The van der Waals surface area contributed by atoms with Crippen molar-refractivity contribution in [2.24, 2.45) is 11.8 Å². The van der Waals surface area contributed by atoms with E-state index in [9.17, 15) is 5.11 Å². The number of hydrogen-bond donors (Lipinski definition) is 1. The molecule has 3 heteroatoms. The molecule has 1 fully saturated rings. The highest BCUT2D eigenvalue weighted by Gasteiger charge is 2.37. The molecule has 0 spiro atoms. The fourth-order valence-electron chi connectivity index (χ4n) is 2.82. The van der Waals surface area contributed by atoms with Crippen LogP contribution in [0.5, 0.6) is 0 Å². The summed E-state index contributed by atoms with van der Waals surface area (Å²) in [5.41, 5.74) is 1.15. The highest BCUT2D eigenvalue weighted by Crippen LogP contribution is 2.37. The van der Waals surface area contributed by atoms with Crippen molar-refractivity contribution in [3.05, 3.63) is 12.2 Å². The second-order valence-electron chi connectivity index (χ2n) is 8.80. The van der Waals surface area contributed by atoms with E-state index in [0.29, 0.717) is 11.8 Å². The summed E-state index contributed by atoms with van der Waals surface area (Å²) < 4.78 is 6.30. The highest BCUT2D eigenvalue weighted by molar-refractivity contribution is 6.74. The lowest BCUT2D eigenvalue weighted by Gasteiger charge is -2.37. The first-order chi connectivity index (χ1) is 10.0. The van der Waals surface area contributed by atoms with Crippen LogP contribution in [0.25, 0.3) is 0 Å². The van der Waals surface area contributed by atoms with Gasteiger partial charge in [-0.05, 0) is 49.2 Å². The zero-order valence-corrected chi connectivity index (χ0v) is 16.7. The maximum absolute atomic E-state index is 10.5. The van der Waals surface area contributed by atoms with Gasteiger partial charge in [-0.1, -0.05) is 59.1 Å². The molecule has 22 heavy (non-hydrogen) atoms. The first kappa shape index (κ1) is 19.9. The summed E-state index contributed by atoms with van der Waals surface area (Å²) in [6.45, 7) is 18.5. The molecular weight excluding hydrogens is 288 g/mol. The van der Waals surface area contributed by atoms with Gasteiger partial charge < -0.3 is 9.53 Å². The molecule has 0 aliphatic heterocycles. The molecule has 130 valence electrons. The van der Waals surface area contributed by atoms with Crippen molar-refractivity contribution >= 4 is 8.32 Å². The Morgan fingerprint density at radius 2 is 1.77 bits per heavy atom. The minimum atomic E-state index is -1.69. The first-order valence-corrected chi connectivity index (χ1v) is 11.9. The van der Waals surface area contributed by atoms with Crippen LogP contribution in [0.2, 0.25) is 18.1 Å². The van der Waals surface area contributed by atoms with E-state index >= 15 is 0 Å². The third-order valence-corrected chi connectivity index (χ3v) is 10.4. The molecule has 1 N–H and O–H groups in total. The molecule has 1 rings (SSSR count). The van der Waals surface area contributed by atoms with Crippen LogP contribution in [0.15, 0.2) is 12.2 Å². The predicted octanol–water partition coefficient (Wildman–Crippen LogP) is 5.53. The van der Waals surface area contributed by atoms with Crippen molar-refractivity contribution in [1.82, 2.24) is 0 Å². The summed E-state index contributed by atoms with van der Waals surface area (Å²) in [5, 5.41) is 10.7. The summed E-state index contributed by atoms with van der Waals surface area (Å²) in [4.78, 5) is 0. The van der Waals surface area contributed by atoms with Crippen molar-refractivity contribution in [2.75, 3.05) is 6.61 Å². The minimum Gasteiger partial charge on any atom is -0.416 e. The molecule has 0 radical (unpaired) electrons. The summed E-state index contributed by atoms with van der Waals surface area (Å²) in [6.07, 6.45) is 6.79. The third-order valence-electron chi connectivity index (χ3n) is 5.86. The lowest BCUT2D eigenvalue weighted by atomic mass is 9.82. The summed E-state index contributed by atoms with van der Waals surface area (Å²) in [5.74, 6) is 0.811. The molecule has 2 nitrogen and oxygen atoms in total. The van der Waals surface area contributed by atoms with Gasteiger partial charge in [-0.25, -0.2) is 0 Å². The topological polar surface area (TPSA) is 29.5 Å². The smallest absolute Gasteiger partial charge is 0.192 e. The summed E-state index contributed by atoms with van der Waals surface area (Å²) >= 11 is 0. The molecule has 1 aliphatic rings. The van der Waals surface area contributed by atoms with E-state index in [4.69, 9.17) is 4.43 Å². The molecule has 2 atom stereocenters. The third kappa shape index (κ3) is 5.82. The lowest BCUT2D eigenvalue weighted by molar-refractivity contribution is 0.0820. The Balaban J connectivity index is 2.41. The molecule has 0 heterocycles. The van der Waals surface area contributed by atoms with Crippen LogP contribution >= 0.6 is 0 Å². The summed E-state index contributed by atoms with van der Waals surface area (Å²) in [6, 6.07) is 0. The average Bonchev–Trinajstić information content (AvgIpc) is 2.44. The number of aliphatic hydroxyl groups is 1. The molecule has 0 aromatic rings. The van der Waals surface area contributed by atoms with Gasteiger partial charge in [0.15, 0.2) is 8.32 Å². The largest absolute Gasteiger partial charge is 0.416 e. The Hall–Kier alpha value is -0.123. The Bertz CT molecular complexity index is 351. The van der Waals surface area contributed by atoms with Crippen molar-refractivity contribution in [3.63, 3.8) is 0 Å². The number of hydrogen-bond acceptors (Lipinski definition) is 2. The van der Waals surface area contributed by atoms with Gasteiger partial charge in [-0.3, -0.25) is 0 Å². The second-order valence-corrected chi connectivity index (χ2v) is 13.6. The number of aliphatic hydroxyl groups excluding tert-OH is 1. The van der Waals surface area contributed by atoms with Gasteiger partial charge in [-0.2, -0.15) is 0 Å². The van der Waals surface area contributed by atoms with Crippen LogP contribution in [0.3, 0.4) is 0 Å². The van der Waals surface area contributed by atoms with Crippen LogP contribution in [-0.4, -0.2) is 26.1 Å². The van der Waals surface area contributed by atoms with E-state index in [-0.39, 0.29) is 11.1 Å². The Labute approximate surface area is 139 Å². The molecular formula is C19H38O2Si. The fraction of sp³-hybridized carbons (Fsp3) is 0.895. The molecule has 0 bridgehead atoms. The molecule has 0 amide bonds. The van der Waals surface area contributed by atoms with E-state index in [1.807, 2.05) is 0 Å². The van der Waals surface area contributed by atoms with Crippen molar-refractivity contribution in [2.45, 2.75) is 90.5 Å². The Kier molecular flexibility index (Phi) is 7.35. The lowest BCUT2D eigenvalue weighted by Crippen LogP contribution is -2.42. The summed E-state index contributed by atoms with van der Waals surface area (Å²) in [7, 11) is -1.69. The van der Waals surface area contributed by atoms with Gasteiger partial charge in [-0.15, -0.1) is 0 Å². The van der Waals surface area contributed by atoms with Crippen molar-refractivity contribution < 1.29 is 9.53 Å². The fourth-order valence-corrected chi connectivity index (χ4v) is 3.92. The van der Waals surface area contributed by atoms with Gasteiger partial charge in [0.2, 0.25) is 0 Å². The molecule has 0 unspecified atom stereocenters. The molecule has 0 aromatic heterocycles. The highest BCUT2D eigenvalue weighted by atomic mass is 28.4. The normalized spacial score (nSPS) is 20.7. The van der Waals surface area contributed by atoms with Crippen LogP contribution in [0.4, 0.5) is 0 Å². The minimum absolute atomic E-state index is 0.205. The molecule has 0 aromatic carbocycles. The van der Waals surface area contributed by atoms with Gasteiger partial charge in [0, 0.05) is 6.61 Å². The molecule has 1 saturated carbocycles. The van der Waals surface area contributed by atoms with Gasteiger partial charge in [0.05, 0.1) is 6.10 Å². The zero-order valence-electron chi connectivity index (χ0n) is 15.7. The Morgan fingerprint density at radius 3 is 2.27 bits per heavy atom. The van der Waals surface area contributed by atoms with E-state index in [2.05, 4.69) is 47.4 Å². The quantitative estimate of drug-likeness (QED) is 0.492. The number of rotatable bonds is 7. The van der Waals surface area contributed by atoms with Crippen molar-refractivity contribution in [1.29, 1.82) is 0 Å².